The highest BCUT2D eigenvalue weighted by Gasteiger charge is 2.29. The molecular weight excluding hydrogens is 274 g/mol. The Morgan fingerprint density at radius 2 is 1.45 bits per heavy atom. The standard InChI is InChI=1S/C19H19NO2/c1-14-17(15-10-6-4-7-11-15)18(21)20(22-14)19(2,3)16-12-8-5-9-13-16/h4-13H,1-3H3. The van der Waals surface area contributed by atoms with Crippen molar-refractivity contribution in [1.29, 1.82) is 0 Å². The van der Waals surface area contributed by atoms with Crippen molar-refractivity contribution in [3.8, 4) is 11.1 Å². The van der Waals surface area contributed by atoms with Gasteiger partial charge in [0.1, 0.15) is 11.3 Å². The Hall–Kier alpha value is -2.55. The van der Waals surface area contributed by atoms with Crippen molar-refractivity contribution in [3.05, 3.63) is 82.3 Å². The van der Waals surface area contributed by atoms with E-state index in [0.717, 1.165) is 11.1 Å². The molecule has 0 amide bonds. The van der Waals surface area contributed by atoms with Crippen LogP contribution in [-0.4, -0.2) is 4.74 Å². The molecule has 1 heterocycles. The third kappa shape index (κ3) is 2.29. The summed E-state index contributed by atoms with van der Waals surface area (Å²) in [7, 11) is 0. The largest absolute Gasteiger partial charge is 0.380 e. The van der Waals surface area contributed by atoms with Crippen molar-refractivity contribution >= 4 is 0 Å². The average Bonchev–Trinajstić information content (AvgIpc) is 2.84. The van der Waals surface area contributed by atoms with Crippen LogP contribution in [0.4, 0.5) is 0 Å². The second kappa shape index (κ2) is 5.34. The maximum absolute atomic E-state index is 12.9. The summed E-state index contributed by atoms with van der Waals surface area (Å²) in [6.07, 6.45) is 0. The molecule has 3 nitrogen and oxygen atoms in total. The van der Waals surface area contributed by atoms with Crippen LogP contribution >= 0.6 is 0 Å². The maximum atomic E-state index is 12.9. The zero-order valence-corrected chi connectivity index (χ0v) is 13.0. The first kappa shape index (κ1) is 14.4. The average molecular weight is 293 g/mol. The SMILES string of the molecule is Cc1on(C(C)(C)c2ccccc2)c(=O)c1-c1ccccc1. The normalized spacial score (nSPS) is 11.6. The molecule has 0 saturated heterocycles. The van der Waals surface area contributed by atoms with E-state index in [1.807, 2.05) is 81.4 Å². The van der Waals surface area contributed by atoms with E-state index in [1.54, 1.807) is 0 Å². The fraction of sp³-hybridized carbons (Fsp3) is 0.211. The lowest BCUT2D eigenvalue weighted by atomic mass is 9.94. The minimum Gasteiger partial charge on any atom is -0.380 e. The van der Waals surface area contributed by atoms with Crippen LogP contribution in [0.25, 0.3) is 11.1 Å². The van der Waals surface area contributed by atoms with E-state index in [0.29, 0.717) is 11.3 Å². The molecule has 0 spiro atoms. The Morgan fingerprint density at radius 3 is 2.05 bits per heavy atom. The second-order valence-electron chi connectivity index (χ2n) is 5.91. The van der Waals surface area contributed by atoms with Gasteiger partial charge in [0.2, 0.25) is 0 Å². The molecule has 0 radical (unpaired) electrons. The summed E-state index contributed by atoms with van der Waals surface area (Å²) in [4.78, 5) is 12.9. The first-order valence-electron chi connectivity index (χ1n) is 7.36. The van der Waals surface area contributed by atoms with Gasteiger partial charge in [-0.3, -0.25) is 4.79 Å². The highest BCUT2D eigenvalue weighted by atomic mass is 16.5. The lowest BCUT2D eigenvalue weighted by Crippen LogP contribution is -2.34. The second-order valence-corrected chi connectivity index (χ2v) is 5.91. The predicted octanol–water partition coefficient (Wildman–Crippen LogP) is 4.20. The van der Waals surface area contributed by atoms with Gasteiger partial charge in [-0.1, -0.05) is 60.7 Å². The Kier molecular flexibility index (Phi) is 3.49. The smallest absolute Gasteiger partial charge is 0.291 e. The third-order valence-electron chi connectivity index (χ3n) is 4.03. The molecule has 0 atom stereocenters. The number of benzene rings is 2. The van der Waals surface area contributed by atoms with Crippen LogP contribution in [0.5, 0.6) is 0 Å². The van der Waals surface area contributed by atoms with Gasteiger partial charge in [-0.2, -0.15) is 4.74 Å². The van der Waals surface area contributed by atoms with Crippen molar-refractivity contribution in [2.24, 2.45) is 0 Å². The zero-order valence-electron chi connectivity index (χ0n) is 13.0. The molecular formula is C19H19NO2. The highest BCUT2D eigenvalue weighted by Crippen LogP contribution is 2.28. The summed E-state index contributed by atoms with van der Waals surface area (Å²) in [5.41, 5.74) is 1.90. The number of hydrogen-bond donors (Lipinski definition) is 0. The van der Waals surface area contributed by atoms with Crippen LogP contribution in [0.3, 0.4) is 0 Å². The van der Waals surface area contributed by atoms with Crippen molar-refractivity contribution in [1.82, 2.24) is 4.74 Å². The molecule has 0 bridgehead atoms. The van der Waals surface area contributed by atoms with Crippen LogP contribution in [0.1, 0.15) is 25.2 Å². The van der Waals surface area contributed by atoms with Crippen LogP contribution in [0, 0.1) is 6.92 Å². The maximum Gasteiger partial charge on any atom is 0.291 e. The molecule has 0 N–H and O–H groups in total. The first-order chi connectivity index (χ1) is 10.5. The van der Waals surface area contributed by atoms with Gasteiger partial charge in [0.15, 0.2) is 0 Å². The Labute approximate surface area is 129 Å². The monoisotopic (exact) mass is 293 g/mol. The number of aromatic nitrogens is 1. The minimum absolute atomic E-state index is 0.0995. The van der Waals surface area contributed by atoms with Gasteiger partial charge in [0.05, 0.1) is 5.56 Å². The summed E-state index contributed by atoms with van der Waals surface area (Å²) in [6, 6.07) is 19.6. The molecule has 0 aliphatic carbocycles. The summed E-state index contributed by atoms with van der Waals surface area (Å²) in [6.45, 7) is 5.81. The fourth-order valence-electron chi connectivity index (χ4n) is 2.74. The van der Waals surface area contributed by atoms with E-state index in [-0.39, 0.29) is 5.56 Å². The predicted molar refractivity (Wildman–Crippen MR) is 88.0 cm³/mol. The van der Waals surface area contributed by atoms with Gasteiger partial charge >= 0.3 is 0 Å². The molecule has 0 aliphatic heterocycles. The van der Waals surface area contributed by atoms with Crippen molar-refractivity contribution in [2.75, 3.05) is 0 Å². The van der Waals surface area contributed by atoms with Crippen molar-refractivity contribution in [2.45, 2.75) is 26.3 Å². The number of aryl methyl sites for hydroxylation is 1. The molecule has 1 aromatic heterocycles. The molecule has 3 rings (SSSR count). The van der Waals surface area contributed by atoms with Gasteiger partial charge in [-0.15, -0.1) is 0 Å². The molecule has 3 heteroatoms. The number of nitrogens with zero attached hydrogens (tertiary/aromatic N) is 1. The van der Waals surface area contributed by atoms with Gasteiger partial charge < -0.3 is 4.52 Å². The number of rotatable bonds is 3. The molecule has 0 fully saturated rings. The number of hydrogen-bond acceptors (Lipinski definition) is 2. The minimum atomic E-state index is -0.546. The zero-order chi connectivity index (χ0) is 15.7. The fourth-order valence-corrected chi connectivity index (χ4v) is 2.74. The Morgan fingerprint density at radius 1 is 0.909 bits per heavy atom. The van der Waals surface area contributed by atoms with Gasteiger partial charge in [-0.25, -0.2) is 0 Å². The molecule has 2 aromatic carbocycles. The summed E-state index contributed by atoms with van der Waals surface area (Å²) >= 11 is 0. The van der Waals surface area contributed by atoms with Crippen LogP contribution in [0.15, 0.2) is 70.0 Å². The summed E-state index contributed by atoms with van der Waals surface area (Å²) in [5, 5.41) is 0. The first-order valence-corrected chi connectivity index (χ1v) is 7.36. The van der Waals surface area contributed by atoms with E-state index in [4.69, 9.17) is 4.52 Å². The lowest BCUT2D eigenvalue weighted by Gasteiger charge is -2.24. The van der Waals surface area contributed by atoms with E-state index in [9.17, 15) is 4.79 Å². The van der Waals surface area contributed by atoms with Gasteiger partial charge in [0.25, 0.3) is 5.56 Å². The topological polar surface area (TPSA) is 35.1 Å². The van der Waals surface area contributed by atoms with Gasteiger partial charge in [0, 0.05) is 0 Å². The molecule has 112 valence electrons. The Bertz CT molecular complexity index is 827. The third-order valence-corrected chi connectivity index (χ3v) is 4.03. The summed E-state index contributed by atoms with van der Waals surface area (Å²) in [5.74, 6) is 0.639. The molecule has 0 aliphatic rings. The quantitative estimate of drug-likeness (QED) is 0.725. The van der Waals surface area contributed by atoms with E-state index >= 15 is 0 Å². The molecule has 3 aromatic rings. The van der Waals surface area contributed by atoms with Crippen molar-refractivity contribution in [3.63, 3.8) is 0 Å². The van der Waals surface area contributed by atoms with E-state index in [2.05, 4.69) is 0 Å². The molecule has 0 saturated carbocycles. The van der Waals surface area contributed by atoms with Gasteiger partial charge in [-0.05, 0) is 31.9 Å². The van der Waals surface area contributed by atoms with Crippen LogP contribution in [-0.2, 0) is 5.54 Å². The molecule has 0 unspecified atom stereocenters. The van der Waals surface area contributed by atoms with Crippen molar-refractivity contribution < 1.29 is 4.52 Å². The summed E-state index contributed by atoms with van der Waals surface area (Å²) < 4.78 is 7.30. The van der Waals surface area contributed by atoms with E-state index in [1.165, 1.54) is 4.74 Å². The highest BCUT2D eigenvalue weighted by molar-refractivity contribution is 5.64. The van der Waals surface area contributed by atoms with E-state index < -0.39 is 5.54 Å². The van der Waals surface area contributed by atoms with Crippen LogP contribution < -0.4 is 5.56 Å². The molecule has 22 heavy (non-hydrogen) atoms. The van der Waals surface area contributed by atoms with Crippen LogP contribution in [0.2, 0.25) is 0 Å². The Balaban J connectivity index is 2.17. The lowest BCUT2D eigenvalue weighted by molar-refractivity contribution is 0.166.